The zero-order chi connectivity index (χ0) is 19.5. The van der Waals surface area contributed by atoms with E-state index in [9.17, 15) is 9.18 Å². The number of benzene rings is 1. The summed E-state index contributed by atoms with van der Waals surface area (Å²) in [5.74, 6) is 0.510. The van der Waals surface area contributed by atoms with Crippen LogP contribution in [0.4, 0.5) is 4.39 Å². The van der Waals surface area contributed by atoms with E-state index in [1.165, 1.54) is 25.3 Å². The van der Waals surface area contributed by atoms with Gasteiger partial charge in [-0.25, -0.2) is 4.39 Å². The van der Waals surface area contributed by atoms with Crippen LogP contribution < -0.4 is 20.7 Å². The molecule has 1 fully saturated rings. The van der Waals surface area contributed by atoms with Gasteiger partial charge in [0.1, 0.15) is 6.10 Å². The molecule has 1 amide bonds. The van der Waals surface area contributed by atoms with Gasteiger partial charge in [-0.3, -0.25) is 9.79 Å². The number of aliphatic imine (C=N–C) groups is 1. The third-order valence-electron chi connectivity index (χ3n) is 4.56. The van der Waals surface area contributed by atoms with Crippen LogP contribution in [0.2, 0.25) is 0 Å². The molecule has 0 heterocycles. The van der Waals surface area contributed by atoms with Crippen molar-refractivity contribution in [1.29, 1.82) is 0 Å². The summed E-state index contributed by atoms with van der Waals surface area (Å²) in [6, 6.07) is 6.66. The van der Waals surface area contributed by atoms with Gasteiger partial charge in [0, 0.05) is 26.1 Å². The predicted octanol–water partition coefficient (Wildman–Crippen LogP) is 2.60. The Morgan fingerprint density at radius 1 is 1.26 bits per heavy atom. The molecule has 1 atom stereocenters. The molecule has 0 bridgehead atoms. The topological polar surface area (TPSA) is 74.8 Å². The number of amides is 1. The maximum Gasteiger partial charge on any atom is 0.221 e. The minimum absolute atomic E-state index is 0.0705. The van der Waals surface area contributed by atoms with Crippen LogP contribution in [0, 0.1) is 5.82 Å². The Morgan fingerprint density at radius 2 is 2.00 bits per heavy atom. The van der Waals surface area contributed by atoms with Gasteiger partial charge in [0.15, 0.2) is 17.5 Å². The first-order valence-corrected chi connectivity index (χ1v) is 9.73. The number of hydrogen-bond acceptors (Lipinski definition) is 3. The van der Waals surface area contributed by atoms with Gasteiger partial charge in [-0.05, 0) is 31.9 Å². The highest BCUT2D eigenvalue weighted by Gasteiger charge is 2.15. The second-order valence-electron chi connectivity index (χ2n) is 6.89. The number of carbonyl (C=O) groups is 1. The molecule has 1 aliphatic rings. The Labute approximate surface area is 161 Å². The molecule has 3 N–H and O–H groups in total. The van der Waals surface area contributed by atoms with Crippen LogP contribution in [0.15, 0.2) is 29.3 Å². The molecule has 27 heavy (non-hydrogen) atoms. The van der Waals surface area contributed by atoms with Gasteiger partial charge in [0.05, 0.1) is 6.54 Å². The molecule has 7 heteroatoms. The van der Waals surface area contributed by atoms with Gasteiger partial charge in [-0.15, -0.1) is 0 Å². The van der Waals surface area contributed by atoms with Crippen LogP contribution in [0.5, 0.6) is 5.75 Å². The third-order valence-corrected chi connectivity index (χ3v) is 4.56. The van der Waals surface area contributed by atoms with E-state index in [0.29, 0.717) is 31.5 Å². The Hall–Kier alpha value is -2.31. The van der Waals surface area contributed by atoms with Crippen LogP contribution in [0.25, 0.3) is 0 Å². The van der Waals surface area contributed by atoms with Gasteiger partial charge in [0.2, 0.25) is 5.91 Å². The number of hydrogen-bond donors (Lipinski definition) is 3. The monoisotopic (exact) mass is 378 g/mol. The smallest absolute Gasteiger partial charge is 0.221 e. The van der Waals surface area contributed by atoms with Crippen molar-refractivity contribution in [3.8, 4) is 5.75 Å². The predicted molar refractivity (Wildman–Crippen MR) is 105 cm³/mol. The lowest BCUT2D eigenvalue weighted by Gasteiger charge is -2.23. The van der Waals surface area contributed by atoms with Crippen molar-refractivity contribution in [3.05, 3.63) is 30.1 Å². The molecule has 0 spiro atoms. The average Bonchev–Trinajstić information content (AvgIpc) is 2.67. The highest BCUT2D eigenvalue weighted by molar-refractivity contribution is 5.81. The Bertz CT molecular complexity index is 618. The minimum atomic E-state index is -0.379. The molecule has 2 rings (SSSR count). The van der Waals surface area contributed by atoms with Crippen LogP contribution >= 0.6 is 0 Å². The van der Waals surface area contributed by atoms with Crippen molar-refractivity contribution in [2.45, 2.75) is 57.6 Å². The summed E-state index contributed by atoms with van der Waals surface area (Å²) in [6.45, 7) is 2.81. The van der Waals surface area contributed by atoms with E-state index in [0.717, 1.165) is 12.8 Å². The molecule has 1 aromatic rings. The second kappa shape index (κ2) is 11.4. The van der Waals surface area contributed by atoms with E-state index < -0.39 is 0 Å². The molecule has 0 saturated heterocycles. The minimum Gasteiger partial charge on any atom is -0.486 e. The van der Waals surface area contributed by atoms with E-state index in [-0.39, 0.29) is 23.6 Å². The quantitative estimate of drug-likeness (QED) is 0.480. The first-order valence-electron chi connectivity index (χ1n) is 9.73. The third kappa shape index (κ3) is 7.85. The number of para-hydroxylation sites is 1. The molecule has 1 aliphatic carbocycles. The summed E-state index contributed by atoms with van der Waals surface area (Å²) in [5.41, 5.74) is 0. The number of halogens is 1. The average molecular weight is 378 g/mol. The molecule has 0 aliphatic heterocycles. The fourth-order valence-electron chi connectivity index (χ4n) is 3.10. The maximum atomic E-state index is 13.6. The number of nitrogens with zero attached hydrogens (tertiary/aromatic N) is 1. The molecule has 0 radical (unpaired) electrons. The standard InChI is InChI=1S/C20H31FN4O2/c1-15(27-18-11-7-6-10-17(18)21)14-24-20(22-2)23-13-12-19(26)25-16-8-4-3-5-9-16/h6-7,10-11,15-16H,3-5,8-9,12-14H2,1-2H3,(H,25,26)(H2,22,23,24). The van der Waals surface area contributed by atoms with Crippen molar-refractivity contribution in [2.75, 3.05) is 20.1 Å². The molecule has 150 valence electrons. The van der Waals surface area contributed by atoms with Gasteiger partial charge in [-0.2, -0.15) is 0 Å². The van der Waals surface area contributed by atoms with Crippen molar-refractivity contribution in [1.82, 2.24) is 16.0 Å². The van der Waals surface area contributed by atoms with E-state index in [1.54, 1.807) is 25.2 Å². The second-order valence-corrected chi connectivity index (χ2v) is 6.89. The maximum absolute atomic E-state index is 13.6. The zero-order valence-electron chi connectivity index (χ0n) is 16.3. The SMILES string of the molecule is CN=C(NCCC(=O)NC1CCCCC1)NCC(C)Oc1ccccc1F. The summed E-state index contributed by atoms with van der Waals surface area (Å²) in [6.07, 6.45) is 6.01. The van der Waals surface area contributed by atoms with Gasteiger partial charge in [0.25, 0.3) is 0 Å². The lowest BCUT2D eigenvalue weighted by atomic mass is 9.95. The summed E-state index contributed by atoms with van der Waals surface area (Å²) in [7, 11) is 1.67. The molecule has 1 unspecified atom stereocenters. The van der Waals surface area contributed by atoms with Gasteiger partial charge >= 0.3 is 0 Å². The van der Waals surface area contributed by atoms with E-state index >= 15 is 0 Å². The van der Waals surface area contributed by atoms with Crippen molar-refractivity contribution in [3.63, 3.8) is 0 Å². The van der Waals surface area contributed by atoms with Crippen LogP contribution in [-0.2, 0) is 4.79 Å². The fraction of sp³-hybridized carbons (Fsp3) is 0.600. The van der Waals surface area contributed by atoms with Gasteiger partial charge in [-0.1, -0.05) is 31.4 Å². The summed E-state index contributed by atoms with van der Waals surface area (Å²) in [4.78, 5) is 16.1. The molecular weight excluding hydrogens is 347 g/mol. The van der Waals surface area contributed by atoms with E-state index in [1.807, 2.05) is 6.92 Å². The first-order chi connectivity index (χ1) is 13.1. The van der Waals surface area contributed by atoms with Crippen LogP contribution in [0.3, 0.4) is 0 Å². The first kappa shape index (κ1) is 21.0. The Balaban J connectivity index is 1.63. The fourth-order valence-corrected chi connectivity index (χ4v) is 3.10. The summed E-state index contributed by atoms with van der Waals surface area (Å²) in [5, 5.41) is 9.34. The summed E-state index contributed by atoms with van der Waals surface area (Å²) < 4.78 is 19.2. The molecule has 1 saturated carbocycles. The van der Waals surface area contributed by atoms with Crippen molar-refractivity contribution < 1.29 is 13.9 Å². The van der Waals surface area contributed by atoms with Crippen molar-refractivity contribution in [2.24, 2.45) is 4.99 Å². The number of nitrogens with one attached hydrogen (secondary N) is 3. The van der Waals surface area contributed by atoms with Crippen LogP contribution in [-0.4, -0.2) is 44.1 Å². The van der Waals surface area contributed by atoms with Gasteiger partial charge < -0.3 is 20.7 Å². The normalized spacial score (nSPS) is 16.5. The number of guanidine groups is 1. The molecule has 6 nitrogen and oxygen atoms in total. The Morgan fingerprint density at radius 3 is 2.70 bits per heavy atom. The number of ether oxygens (including phenoxy) is 1. The Kier molecular flexibility index (Phi) is 8.87. The summed E-state index contributed by atoms with van der Waals surface area (Å²) >= 11 is 0. The highest BCUT2D eigenvalue weighted by atomic mass is 19.1. The zero-order valence-corrected chi connectivity index (χ0v) is 16.3. The lowest BCUT2D eigenvalue weighted by Crippen LogP contribution is -2.43. The number of carbonyl (C=O) groups excluding carboxylic acids is 1. The highest BCUT2D eigenvalue weighted by Crippen LogP contribution is 2.17. The van der Waals surface area contributed by atoms with Crippen molar-refractivity contribution >= 4 is 11.9 Å². The lowest BCUT2D eigenvalue weighted by molar-refractivity contribution is -0.121. The van der Waals surface area contributed by atoms with E-state index in [4.69, 9.17) is 4.74 Å². The molecule has 0 aromatic heterocycles. The van der Waals surface area contributed by atoms with E-state index in [2.05, 4.69) is 20.9 Å². The molecule has 1 aromatic carbocycles. The van der Waals surface area contributed by atoms with Crippen LogP contribution in [0.1, 0.15) is 45.4 Å². The number of rotatable bonds is 8. The largest absolute Gasteiger partial charge is 0.486 e. The molecular formula is C20H31FN4O2.